The Labute approximate surface area is 135 Å². The van der Waals surface area contributed by atoms with Crippen LogP contribution in [0, 0.1) is 5.92 Å². The molecule has 0 unspecified atom stereocenters. The van der Waals surface area contributed by atoms with Crippen LogP contribution >= 0.6 is 0 Å². The van der Waals surface area contributed by atoms with E-state index in [0.717, 1.165) is 63.9 Å². The van der Waals surface area contributed by atoms with Gasteiger partial charge in [-0.3, -0.25) is 9.79 Å². The van der Waals surface area contributed by atoms with E-state index >= 15 is 0 Å². The number of nitrogens with one attached hydrogen (secondary N) is 2. The topological polar surface area (TPSA) is 56.7 Å². The molecule has 5 nitrogen and oxygen atoms in total. The predicted octanol–water partition coefficient (Wildman–Crippen LogP) is 2.38. The van der Waals surface area contributed by atoms with Gasteiger partial charge in [-0.05, 0) is 32.1 Å². The first-order valence-corrected chi connectivity index (χ1v) is 8.93. The van der Waals surface area contributed by atoms with E-state index in [1.807, 2.05) is 4.90 Å². The van der Waals surface area contributed by atoms with E-state index in [9.17, 15) is 4.79 Å². The second-order valence-corrected chi connectivity index (χ2v) is 6.41. The third-order valence-electron chi connectivity index (χ3n) is 3.87. The first kappa shape index (κ1) is 18.8. The van der Waals surface area contributed by atoms with Gasteiger partial charge in [0.1, 0.15) is 0 Å². The quantitative estimate of drug-likeness (QED) is 0.370. The number of amides is 1. The van der Waals surface area contributed by atoms with Gasteiger partial charge in [-0.15, -0.1) is 0 Å². The number of carbonyl (C=O) groups is 1. The van der Waals surface area contributed by atoms with Crippen LogP contribution in [0.2, 0.25) is 0 Å². The molecule has 0 aromatic heterocycles. The van der Waals surface area contributed by atoms with Crippen LogP contribution in [-0.4, -0.2) is 49.5 Å². The molecule has 0 bridgehead atoms. The Kier molecular flexibility index (Phi) is 9.67. The molecule has 1 rings (SSSR count). The summed E-state index contributed by atoms with van der Waals surface area (Å²) in [4.78, 5) is 18.1. The van der Waals surface area contributed by atoms with E-state index < -0.39 is 0 Å². The van der Waals surface area contributed by atoms with E-state index in [1.165, 1.54) is 19.3 Å². The summed E-state index contributed by atoms with van der Waals surface area (Å²) in [6.07, 6.45) is 6.42. The Balaban J connectivity index is 2.16. The molecule has 0 atom stereocenters. The van der Waals surface area contributed by atoms with Crippen molar-refractivity contribution in [2.24, 2.45) is 10.9 Å². The molecule has 0 saturated carbocycles. The standard InChI is InChI=1S/C17H34N4O/c1-4-18-17(19-11-6-5-9-15(2)3)20-12-8-14-21-13-7-10-16(21)22/h15H,4-14H2,1-3H3,(H2,18,19,20). The molecule has 0 aromatic carbocycles. The van der Waals surface area contributed by atoms with Crippen molar-refractivity contribution >= 4 is 11.9 Å². The zero-order chi connectivity index (χ0) is 16.2. The van der Waals surface area contributed by atoms with E-state index in [1.54, 1.807) is 0 Å². The minimum atomic E-state index is 0.305. The fourth-order valence-electron chi connectivity index (χ4n) is 2.62. The molecular formula is C17H34N4O. The highest BCUT2D eigenvalue weighted by Gasteiger charge is 2.18. The van der Waals surface area contributed by atoms with Gasteiger partial charge in [-0.25, -0.2) is 0 Å². The van der Waals surface area contributed by atoms with Crippen LogP contribution in [0.3, 0.4) is 0 Å². The molecular weight excluding hydrogens is 276 g/mol. The van der Waals surface area contributed by atoms with E-state index in [0.29, 0.717) is 5.91 Å². The summed E-state index contributed by atoms with van der Waals surface area (Å²) in [7, 11) is 0. The van der Waals surface area contributed by atoms with Gasteiger partial charge in [-0.1, -0.05) is 26.7 Å². The van der Waals surface area contributed by atoms with E-state index in [2.05, 4.69) is 36.4 Å². The molecule has 128 valence electrons. The lowest BCUT2D eigenvalue weighted by atomic mass is 10.1. The normalized spacial score (nSPS) is 15.7. The number of guanidine groups is 1. The van der Waals surface area contributed by atoms with Crippen molar-refractivity contribution in [2.75, 3.05) is 32.7 Å². The Morgan fingerprint density at radius 1 is 1.27 bits per heavy atom. The molecule has 1 heterocycles. The van der Waals surface area contributed by atoms with Crippen LogP contribution in [0.15, 0.2) is 4.99 Å². The summed E-state index contributed by atoms with van der Waals surface area (Å²) >= 11 is 0. The Bertz CT molecular complexity index is 342. The molecule has 1 saturated heterocycles. The molecule has 1 aliphatic heterocycles. The predicted molar refractivity (Wildman–Crippen MR) is 93.1 cm³/mol. The summed E-state index contributed by atoms with van der Waals surface area (Å²) in [5.41, 5.74) is 0. The number of carbonyl (C=O) groups excluding carboxylic acids is 1. The van der Waals surface area contributed by atoms with Crippen LogP contribution in [-0.2, 0) is 4.79 Å². The molecule has 0 spiro atoms. The largest absolute Gasteiger partial charge is 0.357 e. The molecule has 2 N–H and O–H groups in total. The van der Waals surface area contributed by atoms with Crippen molar-refractivity contribution in [1.82, 2.24) is 15.5 Å². The number of unbranched alkanes of at least 4 members (excludes halogenated alkanes) is 1. The summed E-state index contributed by atoms with van der Waals surface area (Å²) < 4.78 is 0. The van der Waals surface area contributed by atoms with Crippen LogP contribution in [0.5, 0.6) is 0 Å². The highest BCUT2D eigenvalue weighted by Crippen LogP contribution is 2.09. The monoisotopic (exact) mass is 310 g/mol. The minimum Gasteiger partial charge on any atom is -0.357 e. The van der Waals surface area contributed by atoms with Gasteiger partial charge in [0.25, 0.3) is 0 Å². The number of likely N-dealkylation sites (tertiary alicyclic amines) is 1. The number of nitrogens with zero attached hydrogens (tertiary/aromatic N) is 2. The van der Waals surface area contributed by atoms with E-state index in [4.69, 9.17) is 0 Å². The maximum Gasteiger partial charge on any atom is 0.222 e. The zero-order valence-electron chi connectivity index (χ0n) is 14.7. The van der Waals surface area contributed by atoms with Gasteiger partial charge in [0, 0.05) is 39.1 Å². The average molecular weight is 310 g/mol. The van der Waals surface area contributed by atoms with Crippen molar-refractivity contribution in [3.8, 4) is 0 Å². The lowest BCUT2D eigenvalue weighted by molar-refractivity contribution is -0.127. The van der Waals surface area contributed by atoms with Crippen molar-refractivity contribution in [3.05, 3.63) is 0 Å². The molecule has 5 heteroatoms. The fourth-order valence-corrected chi connectivity index (χ4v) is 2.62. The third-order valence-corrected chi connectivity index (χ3v) is 3.87. The number of hydrogen-bond donors (Lipinski definition) is 2. The number of hydrogen-bond acceptors (Lipinski definition) is 2. The SMILES string of the molecule is CCNC(=NCCCN1CCCC1=O)NCCCCC(C)C. The Hall–Kier alpha value is -1.26. The molecule has 22 heavy (non-hydrogen) atoms. The zero-order valence-corrected chi connectivity index (χ0v) is 14.7. The van der Waals surface area contributed by atoms with Gasteiger partial charge >= 0.3 is 0 Å². The van der Waals surface area contributed by atoms with Crippen LogP contribution in [0.1, 0.15) is 59.3 Å². The van der Waals surface area contributed by atoms with Gasteiger partial charge in [0.2, 0.25) is 5.91 Å². The van der Waals surface area contributed by atoms with Gasteiger partial charge in [0.05, 0.1) is 0 Å². The molecule has 0 aliphatic carbocycles. The van der Waals surface area contributed by atoms with Crippen molar-refractivity contribution in [3.63, 3.8) is 0 Å². The maximum atomic E-state index is 11.5. The second-order valence-electron chi connectivity index (χ2n) is 6.41. The highest BCUT2D eigenvalue weighted by atomic mass is 16.2. The van der Waals surface area contributed by atoms with Gasteiger partial charge in [-0.2, -0.15) is 0 Å². The van der Waals surface area contributed by atoms with Gasteiger partial charge < -0.3 is 15.5 Å². The fraction of sp³-hybridized carbons (Fsp3) is 0.882. The summed E-state index contributed by atoms with van der Waals surface area (Å²) in [5.74, 6) is 1.99. The summed E-state index contributed by atoms with van der Waals surface area (Å²) in [6.45, 7) is 11.0. The number of rotatable bonds is 10. The molecule has 1 amide bonds. The smallest absolute Gasteiger partial charge is 0.222 e. The molecule has 0 aromatic rings. The third kappa shape index (κ3) is 8.25. The highest BCUT2D eigenvalue weighted by molar-refractivity contribution is 5.79. The van der Waals surface area contributed by atoms with Crippen molar-refractivity contribution < 1.29 is 4.79 Å². The second kappa shape index (κ2) is 11.3. The lowest BCUT2D eigenvalue weighted by Crippen LogP contribution is -2.38. The van der Waals surface area contributed by atoms with Crippen molar-refractivity contribution in [1.29, 1.82) is 0 Å². The molecule has 1 fully saturated rings. The first-order valence-electron chi connectivity index (χ1n) is 8.93. The maximum absolute atomic E-state index is 11.5. The van der Waals surface area contributed by atoms with Crippen LogP contribution in [0.4, 0.5) is 0 Å². The average Bonchev–Trinajstić information content (AvgIpc) is 2.88. The summed E-state index contributed by atoms with van der Waals surface area (Å²) in [6, 6.07) is 0. The van der Waals surface area contributed by atoms with Crippen LogP contribution < -0.4 is 10.6 Å². The summed E-state index contributed by atoms with van der Waals surface area (Å²) in [5, 5.41) is 6.67. The molecule has 0 radical (unpaired) electrons. The Morgan fingerprint density at radius 2 is 2.09 bits per heavy atom. The van der Waals surface area contributed by atoms with Crippen LogP contribution in [0.25, 0.3) is 0 Å². The number of aliphatic imine (C=N–C) groups is 1. The minimum absolute atomic E-state index is 0.305. The van der Waals surface area contributed by atoms with Gasteiger partial charge in [0.15, 0.2) is 5.96 Å². The lowest BCUT2D eigenvalue weighted by Gasteiger charge is -2.15. The Morgan fingerprint density at radius 3 is 2.73 bits per heavy atom. The van der Waals surface area contributed by atoms with Crippen molar-refractivity contribution in [2.45, 2.75) is 59.3 Å². The van der Waals surface area contributed by atoms with E-state index in [-0.39, 0.29) is 0 Å². The molecule has 1 aliphatic rings. The first-order chi connectivity index (χ1) is 10.6.